The Labute approximate surface area is 96.5 Å². The van der Waals surface area contributed by atoms with Crippen molar-refractivity contribution >= 4 is 0 Å². The second kappa shape index (κ2) is 8.76. The standard InChI is InChI=1S/C11H16.2C2H6/c1-9-6-7-10-4-2-3-5-11(10)8-9;2*1-2/h4-5,9H,2-3,6-8H2,1H3;2*1-2H3. The summed E-state index contributed by atoms with van der Waals surface area (Å²) in [5.74, 6) is 0.927. The third-order valence-electron chi connectivity index (χ3n) is 2.84. The van der Waals surface area contributed by atoms with Crippen LogP contribution in [0.3, 0.4) is 0 Å². The highest BCUT2D eigenvalue weighted by Crippen LogP contribution is 2.35. The van der Waals surface area contributed by atoms with Crippen LogP contribution in [0.4, 0.5) is 0 Å². The van der Waals surface area contributed by atoms with Crippen LogP contribution in [0.2, 0.25) is 0 Å². The Morgan fingerprint density at radius 1 is 0.933 bits per heavy atom. The van der Waals surface area contributed by atoms with Gasteiger partial charge in [-0.15, -0.1) is 0 Å². The fourth-order valence-electron chi connectivity index (χ4n) is 2.13. The topological polar surface area (TPSA) is 0 Å². The van der Waals surface area contributed by atoms with Crippen LogP contribution in [0.1, 0.15) is 66.7 Å². The number of hydrogen-bond acceptors (Lipinski definition) is 0. The van der Waals surface area contributed by atoms with Gasteiger partial charge in [0.05, 0.1) is 0 Å². The normalized spacial score (nSPS) is 23.1. The van der Waals surface area contributed by atoms with Crippen molar-refractivity contribution in [1.82, 2.24) is 0 Å². The summed E-state index contributed by atoms with van der Waals surface area (Å²) in [6.07, 6.45) is 11.5. The van der Waals surface area contributed by atoms with Gasteiger partial charge in [-0.2, -0.15) is 0 Å². The zero-order valence-electron chi connectivity index (χ0n) is 11.3. The molecule has 0 nitrogen and oxygen atoms in total. The molecule has 0 radical (unpaired) electrons. The van der Waals surface area contributed by atoms with Gasteiger partial charge in [-0.25, -0.2) is 0 Å². The summed E-state index contributed by atoms with van der Waals surface area (Å²) in [4.78, 5) is 0. The summed E-state index contributed by atoms with van der Waals surface area (Å²) in [6, 6.07) is 0. The Bertz CT molecular complexity index is 208. The van der Waals surface area contributed by atoms with Crippen LogP contribution < -0.4 is 0 Å². The molecule has 0 saturated heterocycles. The smallest absolute Gasteiger partial charge is 0.0253 e. The zero-order chi connectivity index (χ0) is 11.7. The Morgan fingerprint density at radius 2 is 1.47 bits per heavy atom. The van der Waals surface area contributed by atoms with Gasteiger partial charge in [0.15, 0.2) is 0 Å². The quantitative estimate of drug-likeness (QED) is 0.492. The molecule has 0 aromatic rings. The van der Waals surface area contributed by atoms with Gasteiger partial charge in [0.25, 0.3) is 0 Å². The lowest BCUT2D eigenvalue weighted by Crippen LogP contribution is -2.09. The first-order valence-corrected chi connectivity index (χ1v) is 6.74. The summed E-state index contributed by atoms with van der Waals surface area (Å²) in [5.41, 5.74) is 3.32. The van der Waals surface area contributed by atoms with E-state index in [1.807, 2.05) is 27.7 Å². The molecule has 1 fully saturated rings. The van der Waals surface area contributed by atoms with E-state index in [4.69, 9.17) is 0 Å². The minimum atomic E-state index is 0.927. The summed E-state index contributed by atoms with van der Waals surface area (Å²) in [5, 5.41) is 0. The summed E-state index contributed by atoms with van der Waals surface area (Å²) < 4.78 is 0. The minimum Gasteiger partial charge on any atom is -0.0807 e. The van der Waals surface area contributed by atoms with Gasteiger partial charge in [0, 0.05) is 0 Å². The van der Waals surface area contributed by atoms with E-state index in [-0.39, 0.29) is 0 Å². The largest absolute Gasteiger partial charge is 0.0807 e. The Kier molecular flexibility index (Phi) is 8.46. The van der Waals surface area contributed by atoms with Gasteiger partial charge in [0.1, 0.15) is 0 Å². The number of rotatable bonds is 0. The maximum atomic E-state index is 2.45. The third kappa shape index (κ3) is 4.68. The number of fused-ring (bicyclic) bond motifs is 1. The van der Waals surface area contributed by atoms with Crippen molar-refractivity contribution < 1.29 is 0 Å². The Hall–Kier alpha value is -0.520. The van der Waals surface area contributed by atoms with Crippen molar-refractivity contribution in [2.24, 2.45) is 5.92 Å². The molecule has 0 aliphatic heterocycles. The molecule has 2 aliphatic carbocycles. The Morgan fingerprint density at radius 3 is 2.07 bits per heavy atom. The average Bonchev–Trinajstić information content (AvgIpc) is 2.34. The van der Waals surface area contributed by atoms with Crippen molar-refractivity contribution in [2.45, 2.75) is 66.7 Å². The first-order valence-electron chi connectivity index (χ1n) is 6.74. The van der Waals surface area contributed by atoms with Crippen LogP contribution in [0.15, 0.2) is 23.3 Å². The average molecular weight is 208 g/mol. The van der Waals surface area contributed by atoms with Crippen LogP contribution in [0.5, 0.6) is 0 Å². The molecule has 0 spiro atoms. The second-order valence-electron chi connectivity index (χ2n) is 3.88. The maximum absolute atomic E-state index is 2.45. The van der Waals surface area contributed by atoms with Gasteiger partial charge in [-0.05, 0) is 49.2 Å². The molecule has 0 heteroatoms. The second-order valence-corrected chi connectivity index (χ2v) is 3.88. The lowest BCUT2D eigenvalue weighted by molar-refractivity contribution is 0.493. The molecular formula is C15H28. The van der Waals surface area contributed by atoms with Crippen molar-refractivity contribution in [2.75, 3.05) is 0 Å². The van der Waals surface area contributed by atoms with Crippen LogP contribution in [-0.2, 0) is 0 Å². The van der Waals surface area contributed by atoms with Crippen molar-refractivity contribution in [1.29, 1.82) is 0 Å². The van der Waals surface area contributed by atoms with Gasteiger partial charge in [-0.3, -0.25) is 0 Å². The van der Waals surface area contributed by atoms with Crippen LogP contribution >= 0.6 is 0 Å². The van der Waals surface area contributed by atoms with Crippen molar-refractivity contribution in [3.05, 3.63) is 23.3 Å². The zero-order valence-corrected chi connectivity index (χ0v) is 11.3. The third-order valence-corrected chi connectivity index (χ3v) is 2.84. The monoisotopic (exact) mass is 208 g/mol. The van der Waals surface area contributed by atoms with E-state index in [0.29, 0.717) is 0 Å². The van der Waals surface area contributed by atoms with Gasteiger partial charge in [0.2, 0.25) is 0 Å². The van der Waals surface area contributed by atoms with Crippen LogP contribution in [0, 0.1) is 5.92 Å². The number of hydrogen-bond donors (Lipinski definition) is 0. The molecule has 1 saturated carbocycles. The van der Waals surface area contributed by atoms with Gasteiger partial charge < -0.3 is 0 Å². The molecule has 0 amide bonds. The molecule has 15 heavy (non-hydrogen) atoms. The van der Waals surface area contributed by atoms with E-state index < -0.39 is 0 Å². The van der Waals surface area contributed by atoms with Crippen molar-refractivity contribution in [3.63, 3.8) is 0 Å². The van der Waals surface area contributed by atoms with E-state index in [9.17, 15) is 0 Å². The highest BCUT2D eigenvalue weighted by molar-refractivity contribution is 5.35. The predicted octanol–water partition coefficient (Wildman–Crippen LogP) is 5.51. The molecule has 0 bridgehead atoms. The van der Waals surface area contributed by atoms with E-state index in [2.05, 4.69) is 19.1 Å². The highest BCUT2D eigenvalue weighted by Gasteiger charge is 2.17. The summed E-state index contributed by atoms with van der Waals surface area (Å²) in [6.45, 7) is 10.4. The minimum absolute atomic E-state index is 0.927. The molecule has 88 valence electrons. The molecule has 0 aromatic carbocycles. The maximum Gasteiger partial charge on any atom is -0.0253 e. The highest BCUT2D eigenvalue weighted by atomic mass is 14.2. The fourth-order valence-corrected chi connectivity index (χ4v) is 2.13. The molecule has 1 atom stereocenters. The molecule has 2 aliphatic rings. The fraction of sp³-hybridized carbons (Fsp3) is 0.733. The molecule has 1 unspecified atom stereocenters. The van der Waals surface area contributed by atoms with E-state index >= 15 is 0 Å². The van der Waals surface area contributed by atoms with E-state index in [1.165, 1.54) is 32.1 Å². The molecule has 2 rings (SSSR count). The molecule has 0 N–H and O–H groups in total. The molecule has 0 aromatic heterocycles. The first-order chi connectivity index (χ1) is 7.36. The lowest BCUT2D eigenvalue weighted by atomic mass is 9.80. The summed E-state index contributed by atoms with van der Waals surface area (Å²) in [7, 11) is 0. The SMILES string of the molecule is CC.CC.CC1CCC2=CCCC=C2C1. The van der Waals surface area contributed by atoms with Gasteiger partial charge >= 0.3 is 0 Å². The number of allylic oxidation sites excluding steroid dienone is 4. The molecule has 0 heterocycles. The molecular weight excluding hydrogens is 180 g/mol. The predicted molar refractivity (Wildman–Crippen MR) is 71.1 cm³/mol. The lowest BCUT2D eigenvalue weighted by Gasteiger charge is -2.25. The van der Waals surface area contributed by atoms with E-state index in [0.717, 1.165) is 5.92 Å². The van der Waals surface area contributed by atoms with Crippen LogP contribution in [0.25, 0.3) is 0 Å². The van der Waals surface area contributed by atoms with Gasteiger partial charge in [-0.1, -0.05) is 46.8 Å². The first kappa shape index (κ1) is 14.5. The van der Waals surface area contributed by atoms with Crippen molar-refractivity contribution in [3.8, 4) is 0 Å². The van der Waals surface area contributed by atoms with Crippen LogP contribution in [-0.4, -0.2) is 0 Å². The summed E-state index contributed by atoms with van der Waals surface area (Å²) >= 11 is 0. The van der Waals surface area contributed by atoms with E-state index in [1.54, 1.807) is 11.1 Å². The Balaban J connectivity index is 0.000000442.